The summed E-state index contributed by atoms with van der Waals surface area (Å²) in [6.07, 6.45) is 1.78. The molecule has 32 heavy (non-hydrogen) atoms. The number of hydrogen-bond donors (Lipinski definition) is 0. The van der Waals surface area contributed by atoms with E-state index in [4.69, 9.17) is 9.47 Å². The third kappa shape index (κ3) is 4.19. The Morgan fingerprint density at radius 3 is 2.28 bits per heavy atom. The van der Waals surface area contributed by atoms with Gasteiger partial charge in [0.05, 0.1) is 5.56 Å². The van der Waals surface area contributed by atoms with Gasteiger partial charge in [-0.05, 0) is 47.4 Å². The molecule has 1 aliphatic heterocycles. The van der Waals surface area contributed by atoms with Crippen molar-refractivity contribution in [3.63, 3.8) is 0 Å². The van der Waals surface area contributed by atoms with Gasteiger partial charge in [-0.15, -0.1) is 0 Å². The van der Waals surface area contributed by atoms with Gasteiger partial charge in [-0.3, -0.25) is 4.79 Å². The third-order valence-corrected chi connectivity index (χ3v) is 5.48. The number of hydrogen-bond acceptors (Lipinski definition) is 3. The molecule has 4 aromatic rings. The van der Waals surface area contributed by atoms with Crippen LogP contribution in [0.2, 0.25) is 0 Å². The Morgan fingerprint density at radius 2 is 1.53 bits per heavy atom. The maximum Gasteiger partial charge on any atom is 0.231 e. The average Bonchev–Trinajstić information content (AvgIpc) is 3.14. The Morgan fingerprint density at radius 1 is 0.812 bits per heavy atom. The van der Waals surface area contributed by atoms with Crippen LogP contribution in [0.15, 0.2) is 103 Å². The summed E-state index contributed by atoms with van der Waals surface area (Å²) in [6.45, 7) is 2.52. The second kappa shape index (κ2) is 8.56. The van der Waals surface area contributed by atoms with Crippen molar-refractivity contribution in [2.75, 3.05) is 0 Å². The molecule has 0 fully saturated rings. The molecule has 0 unspecified atom stereocenters. The fraction of sp³-hybridized carbons (Fsp3) is 0.0690. The number of carbonyl (C=O) groups is 1. The van der Waals surface area contributed by atoms with E-state index in [1.54, 1.807) is 18.2 Å². The maximum absolute atomic E-state index is 12.8. The quantitative estimate of drug-likeness (QED) is 0.332. The minimum Gasteiger partial charge on any atom is -0.489 e. The Kier molecular flexibility index (Phi) is 5.30. The topological polar surface area (TPSA) is 35.5 Å². The molecule has 0 saturated carbocycles. The Hall–Kier alpha value is -4.11. The number of Topliss-reactive ketones (excluding diaryl/α,β-unsaturated/α-hetero) is 1. The van der Waals surface area contributed by atoms with Crippen molar-refractivity contribution in [1.82, 2.24) is 0 Å². The molecule has 0 bridgehead atoms. The number of aryl methyl sites for hydroxylation is 1. The molecule has 3 heteroatoms. The molecule has 0 radical (unpaired) electrons. The van der Waals surface area contributed by atoms with Crippen molar-refractivity contribution in [2.24, 2.45) is 0 Å². The number of carbonyl (C=O) groups excluding carboxylic acids is 1. The largest absolute Gasteiger partial charge is 0.489 e. The van der Waals surface area contributed by atoms with Crippen LogP contribution in [0.1, 0.15) is 27.0 Å². The van der Waals surface area contributed by atoms with Crippen LogP contribution in [-0.4, -0.2) is 5.78 Å². The molecule has 0 aromatic heterocycles. The molecule has 0 aliphatic carbocycles. The van der Waals surface area contributed by atoms with Gasteiger partial charge in [0.25, 0.3) is 0 Å². The van der Waals surface area contributed by atoms with Gasteiger partial charge in [-0.2, -0.15) is 0 Å². The van der Waals surface area contributed by atoms with Gasteiger partial charge in [-0.1, -0.05) is 84.4 Å². The van der Waals surface area contributed by atoms with E-state index in [0.29, 0.717) is 29.4 Å². The van der Waals surface area contributed by atoms with E-state index < -0.39 is 0 Å². The first-order valence-corrected chi connectivity index (χ1v) is 10.6. The van der Waals surface area contributed by atoms with Crippen molar-refractivity contribution in [2.45, 2.75) is 13.5 Å². The van der Waals surface area contributed by atoms with E-state index in [2.05, 4.69) is 31.2 Å². The van der Waals surface area contributed by atoms with Crippen molar-refractivity contribution in [1.29, 1.82) is 0 Å². The highest BCUT2D eigenvalue weighted by molar-refractivity contribution is 6.14. The van der Waals surface area contributed by atoms with Gasteiger partial charge in [0.15, 0.2) is 5.76 Å². The lowest BCUT2D eigenvalue weighted by Crippen LogP contribution is -1.98. The number of allylic oxidation sites excluding steroid dienone is 1. The molecule has 3 nitrogen and oxygen atoms in total. The summed E-state index contributed by atoms with van der Waals surface area (Å²) in [5, 5.41) is 0. The third-order valence-electron chi connectivity index (χ3n) is 5.48. The summed E-state index contributed by atoms with van der Waals surface area (Å²) in [7, 11) is 0. The van der Waals surface area contributed by atoms with Crippen molar-refractivity contribution < 1.29 is 14.3 Å². The number of ether oxygens (including phenoxy) is 2. The van der Waals surface area contributed by atoms with Crippen LogP contribution in [0.4, 0.5) is 0 Å². The van der Waals surface area contributed by atoms with Gasteiger partial charge in [0.2, 0.25) is 5.78 Å². The molecule has 0 N–H and O–H groups in total. The number of benzene rings is 4. The molecule has 5 rings (SSSR count). The van der Waals surface area contributed by atoms with Crippen LogP contribution in [0.5, 0.6) is 11.5 Å². The van der Waals surface area contributed by atoms with E-state index >= 15 is 0 Å². The van der Waals surface area contributed by atoms with E-state index in [1.807, 2.05) is 60.7 Å². The minimum atomic E-state index is -0.114. The van der Waals surface area contributed by atoms with Crippen molar-refractivity contribution in [3.8, 4) is 22.6 Å². The van der Waals surface area contributed by atoms with E-state index in [0.717, 1.165) is 22.3 Å². The second-order valence-electron chi connectivity index (χ2n) is 7.86. The van der Waals surface area contributed by atoms with Crippen LogP contribution >= 0.6 is 0 Å². The van der Waals surface area contributed by atoms with Crippen LogP contribution in [-0.2, 0) is 6.61 Å². The zero-order valence-corrected chi connectivity index (χ0v) is 17.7. The van der Waals surface area contributed by atoms with E-state index in [-0.39, 0.29) is 5.78 Å². The molecule has 0 saturated heterocycles. The molecule has 0 amide bonds. The summed E-state index contributed by atoms with van der Waals surface area (Å²) in [6, 6.07) is 31.8. The zero-order valence-electron chi connectivity index (χ0n) is 17.7. The molecule has 1 aliphatic rings. The fourth-order valence-corrected chi connectivity index (χ4v) is 3.66. The molecule has 4 aromatic carbocycles. The summed E-state index contributed by atoms with van der Waals surface area (Å²) < 4.78 is 11.8. The molecular formula is C29H22O3. The van der Waals surface area contributed by atoms with Gasteiger partial charge in [0.1, 0.15) is 18.1 Å². The van der Waals surface area contributed by atoms with Crippen LogP contribution in [0, 0.1) is 6.92 Å². The molecule has 156 valence electrons. The lowest BCUT2D eigenvalue weighted by atomic mass is 10.0. The van der Waals surface area contributed by atoms with E-state index in [9.17, 15) is 4.79 Å². The molecule has 1 heterocycles. The van der Waals surface area contributed by atoms with Crippen LogP contribution < -0.4 is 9.47 Å². The standard InChI is InChI=1S/C29H22O3/c1-20-7-9-22(10-8-20)19-31-25-15-16-26-27(18-25)32-28(29(26)30)17-21-11-13-24(14-12-21)23-5-3-2-4-6-23/h2-18H,19H2,1H3. The smallest absolute Gasteiger partial charge is 0.231 e. The van der Waals surface area contributed by atoms with Gasteiger partial charge in [0, 0.05) is 6.07 Å². The first kappa shape index (κ1) is 19.8. The molecular weight excluding hydrogens is 396 g/mol. The Balaban J connectivity index is 1.30. The van der Waals surface area contributed by atoms with Crippen molar-refractivity contribution in [3.05, 3.63) is 125 Å². The number of ketones is 1. The first-order valence-electron chi connectivity index (χ1n) is 10.6. The normalized spacial score (nSPS) is 13.7. The highest BCUT2D eigenvalue weighted by Gasteiger charge is 2.27. The SMILES string of the molecule is Cc1ccc(COc2ccc3c(c2)OC(=Cc2ccc(-c4ccccc4)cc2)C3=O)cc1. The van der Waals surface area contributed by atoms with Gasteiger partial charge >= 0.3 is 0 Å². The average molecular weight is 418 g/mol. The van der Waals surface area contributed by atoms with Gasteiger partial charge < -0.3 is 9.47 Å². The second-order valence-corrected chi connectivity index (χ2v) is 7.86. The monoisotopic (exact) mass is 418 g/mol. The highest BCUT2D eigenvalue weighted by Crippen LogP contribution is 2.35. The highest BCUT2D eigenvalue weighted by atomic mass is 16.5. The molecule has 0 atom stereocenters. The first-order chi connectivity index (χ1) is 15.7. The Labute approximate surface area is 187 Å². The zero-order chi connectivity index (χ0) is 21.9. The summed E-state index contributed by atoms with van der Waals surface area (Å²) in [5.41, 5.74) is 6.06. The summed E-state index contributed by atoms with van der Waals surface area (Å²) in [4.78, 5) is 12.8. The van der Waals surface area contributed by atoms with Crippen LogP contribution in [0.3, 0.4) is 0 Å². The van der Waals surface area contributed by atoms with Gasteiger partial charge in [-0.25, -0.2) is 0 Å². The number of fused-ring (bicyclic) bond motifs is 1. The minimum absolute atomic E-state index is 0.114. The lowest BCUT2D eigenvalue weighted by Gasteiger charge is -2.07. The number of rotatable bonds is 5. The van der Waals surface area contributed by atoms with E-state index in [1.165, 1.54) is 5.56 Å². The fourth-order valence-electron chi connectivity index (χ4n) is 3.66. The predicted molar refractivity (Wildman–Crippen MR) is 127 cm³/mol. The lowest BCUT2D eigenvalue weighted by molar-refractivity contribution is 0.101. The Bertz CT molecular complexity index is 1280. The van der Waals surface area contributed by atoms with Crippen molar-refractivity contribution >= 4 is 11.9 Å². The summed E-state index contributed by atoms with van der Waals surface area (Å²) in [5.74, 6) is 1.41. The maximum atomic E-state index is 12.8. The summed E-state index contributed by atoms with van der Waals surface area (Å²) >= 11 is 0. The van der Waals surface area contributed by atoms with Crippen LogP contribution in [0.25, 0.3) is 17.2 Å². The predicted octanol–water partition coefficient (Wildman–Crippen LogP) is 6.86. The molecule has 0 spiro atoms.